The predicted molar refractivity (Wildman–Crippen MR) is 61.4 cm³/mol. The Morgan fingerprint density at radius 3 is 0.235 bits per heavy atom. The fourth-order valence-corrected chi connectivity index (χ4v) is 0. The van der Waals surface area contributed by atoms with Crippen LogP contribution >= 0.6 is 0 Å². The molecule has 0 N–H and O–H groups in total. The number of hydrogen-bond donors (Lipinski definition) is 0. The minimum atomic E-state index is 0. The molecule has 17 heavy (non-hydrogen) atoms. The molecule has 0 atom stereocenters. The normalized spacial score (nSPS) is 0. The maximum absolute atomic E-state index is 0. The largest absolute Gasteiger partial charge is 3.00 e. The summed E-state index contributed by atoms with van der Waals surface area (Å²) < 4.78 is 0. The smallest absolute Gasteiger partial charge is 3.00 e. The van der Waals surface area contributed by atoms with Gasteiger partial charge in [-0.2, -0.15) is 0 Å². The van der Waals surface area contributed by atoms with E-state index in [0.29, 0.717) is 0 Å². The average molecular weight is 862 g/mol. The SMILES string of the molecule is [Ga+3].[Ga+3].[Ga+3].[In+3].[In+3].[In+3].[N-3].[N-3].[N-3].[N-3].[N-3].[N-3].[N-3].[N-3].[Zn+2].[Zn+2].[Zn+2]. The van der Waals surface area contributed by atoms with Gasteiger partial charge in [0.1, 0.15) is 0 Å². The van der Waals surface area contributed by atoms with Gasteiger partial charge in [-0.15, -0.1) is 0 Å². The van der Waals surface area contributed by atoms with Crippen molar-refractivity contribution >= 4 is 137 Å². The molecule has 64 valence electrons. The molecule has 0 bridgehead atoms. The van der Waals surface area contributed by atoms with Crippen molar-refractivity contribution in [2.75, 3.05) is 0 Å². The summed E-state index contributed by atoms with van der Waals surface area (Å²) >= 11 is 0. The summed E-state index contributed by atoms with van der Waals surface area (Å²) in [6.45, 7) is 0. The molecule has 0 fully saturated rings. The third kappa shape index (κ3) is 241. The number of hydrogen-bond acceptors (Lipinski definition) is 0. The predicted octanol–water partition coefficient (Wildman–Crippen LogP) is 0.0173. The first kappa shape index (κ1) is 305. The monoisotopic (exact) mass is 855 g/mol. The van der Waals surface area contributed by atoms with Crippen LogP contribution < -0.4 is 0 Å². The van der Waals surface area contributed by atoms with Gasteiger partial charge in [0.05, 0.1) is 0 Å². The van der Waals surface area contributed by atoms with Crippen LogP contribution in [0, 0.1) is 0 Å². The van der Waals surface area contributed by atoms with Crippen LogP contribution in [0.2, 0.25) is 0 Å². The summed E-state index contributed by atoms with van der Waals surface area (Å²) in [5, 5.41) is 0. The van der Waals surface area contributed by atoms with E-state index in [2.05, 4.69) is 0 Å². The van der Waals surface area contributed by atoms with Gasteiger partial charge in [-0.25, -0.2) is 0 Å². The maximum atomic E-state index is 0. The summed E-state index contributed by atoms with van der Waals surface area (Å²) in [6, 6.07) is 0. The molecule has 0 aromatic rings. The van der Waals surface area contributed by atoms with E-state index < -0.39 is 0 Å². The van der Waals surface area contributed by atoms with Crippen LogP contribution in [-0.2, 0) is 58.4 Å². The molecule has 0 spiro atoms. The minimum Gasteiger partial charge on any atom is -3.00 e. The molecule has 0 unspecified atom stereocenters. The Labute approximate surface area is 239 Å². The first-order chi connectivity index (χ1) is 0. The second-order valence-corrected chi connectivity index (χ2v) is 0. The first-order valence-corrected chi connectivity index (χ1v) is 0. The molecule has 0 radical (unpaired) electrons. The zero-order valence-corrected chi connectivity index (χ0v) is 35.2. The van der Waals surface area contributed by atoms with Crippen LogP contribution in [0.5, 0.6) is 0 Å². The van der Waals surface area contributed by atoms with Gasteiger partial charge in [0, 0.05) is 0 Å². The van der Waals surface area contributed by atoms with E-state index in [-0.39, 0.29) is 245 Å². The molecule has 0 heterocycles. The van der Waals surface area contributed by atoms with Gasteiger partial charge < -0.3 is 49.2 Å². The summed E-state index contributed by atoms with van der Waals surface area (Å²) in [4.78, 5) is 0. The Bertz CT molecular complexity index is 31.2. The number of rotatable bonds is 0. The number of nitrogens with zero attached hydrogens (tertiary/aromatic N) is 8. The van der Waals surface area contributed by atoms with E-state index in [1.807, 2.05) is 0 Å². The molecule has 0 aliphatic rings. The van der Waals surface area contributed by atoms with E-state index in [9.17, 15) is 0 Å². The molecule has 0 aromatic carbocycles. The Morgan fingerprint density at radius 1 is 0.235 bits per heavy atom. The van der Waals surface area contributed by atoms with E-state index in [1.165, 1.54) is 0 Å². The summed E-state index contributed by atoms with van der Waals surface area (Å²) in [5.74, 6) is 0. The first-order valence-electron chi connectivity index (χ1n) is 0. The summed E-state index contributed by atoms with van der Waals surface area (Å²) in [7, 11) is 0. The summed E-state index contributed by atoms with van der Waals surface area (Å²) in [5.41, 5.74) is 0. The summed E-state index contributed by atoms with van der Waals surface area (Å²) in [6.07, 6.45) is 0. The van der Waals surface area contributed by atoms with Crippen molar-refractivity contribution in [2.45, 2.75) is 0 Å². The van der Waals surface area contributed by atoms with Gasteiger partial charge in [0.15, 0.2) is 0 Å². The topological polar surface area (TPSA) is 244 Å². The van der Waals surface area contributed by atoms with Crippen LogP contribution in [0.25, 0.3) is 49.2 Å². The molecule has 0 saturated carbocycles. The van der Waals surface area contributed by atoms with Crippen LogP contribution in [0.3, 0.4) is 0 Å². The second kappa shape index (κ2) is 266. The fraction of sp³-hybridized carbons (Fsp3) is 0. The van der Waals surface area contributed by atoms with Crippen LogP contribution in [0.1, 0.15) is 0 Å². The zero-order valence-electron chi connectivity index (χ0n) is 9.16. The van der Waals surface area contributed by atoms with Gasteiger partial charge in [0.25, 0.3) is 0 Å². The van der Waals surface area contributed by atoms with E-state index in [4.69, 9.17) is 0 Å². The molecule has 0 amide bonds. The van der Waals surface area contributed by atoms with Crippen molar-refractivity contribution < 1.29 is 58.4 Å². The fourth-order valence-electron chi connectivity index (χ4n) is 0. The van der Waals surface area contributed by atoms with Crippen LogP contribution in [0.4, 0.5) is 0 Å². The zero-order chi connectivity index (χ0) is 0. The second-order valence-electron chi connectivity index (χ2n) is 0. The van der Waals surface area contributed by atoms with Gasteiger partial charge in [-0.1, -0.05) is 0 Å². The van der Waals surface area contributed by atoms with Gasteiger partial charge in [-0.05, 0) is 0 Å². The van der Waals surface area contributed by atoms with Crippen LogP contribution in [-0.4, -0.2) is 137 Å². The Kier molecular flexibility index (Phi) is 4770. The van der Waals surface area contributed by atoms with E-state index in [0.717, 1.165) is 0 Å². The quantitative estimate of drug-likeness (QED) is 0.293. The van der Waals surface area contributed by atoms with Crippen molar-refractivity contribution in [2.24, 2.45) is 0 Å². The van der Waals surface area contributed by atoms with Crippen LogP contribution in [0.15, 0.2) is 0 Å². The van der Waals surface area contributed by atoms with E-state index in [1.54, 1.807) is 0 Å². The van der Waals surface area contributed by atoms with Crippen molar-refractivity contribution in [3.63, 3.8) is 0 Å². The third-order valence-electron chi connectivity index (χ3n) is 0. The minimum absolute atomic E-state index is 0. The third-order valence-corrected chi connectivity index (χ3v) is 0. The Morgan fingerprint density at radius 2 is 0.235 bits per heavy atom. The molecule has 0 aliphatic carbocycles. The Balaban J connectivity index is 0. The van der Waals surface area contributed by atoms with Crippen molar-refractivity contribution in [3.8, 4) is 0 Å². The van der Waals surface area contributed by atoms with Gasteiger partial charge >= 0.3 is 195 Å². The van der Waals surface area contributed by atoms with Crippen molar-refractivity contribution in [1.29, 1.82) is 0 Å². The van der Waals surface area contributed by atoms with Crippen molar-refractivity contribution in [3.05, 3.63) is 49.2 Å². The molecular weight excluding hydrogens is 862 g/mol. The molecule has 8 nitrogen and oxygen atoms in total. The molecule has 0 rings (SSSR count). The Hall–Kier alpha value is 6.07. The van der Waals surface area contributed by atoms with Gasteiger partial charge in [0.2, 0.25) is 0 Å². The molecule has 0 aromatic heterocycles. The van der Waals surface area contributed by atoms with Gasteiger partial charge in [-0.3, -0.25) is 0 Å². The molecule has 0 saturated heterocycles. The standard InChI is InChI=1S/3Ga.3In.8N.3Zn/q6*+3;8*-3;3*+2. The maximum Gasteiger partial charge on any atom is 3.00 e. The van der Waals surface area contributed by atoms with Crippen molar-refractivity contribution in [1.82, 2.24) is 0 Å². The average Bonchev–Trinajstić information content (AvgIpc) is 0. The van der Waals surface area contributed by atoms with E-state index >= 15 is 0 Å². The molecule has 17 heteroatoms. The molecular formula is Ga3In3N8Zn3. The molecule has 0 aliphatic heterocycles.